The lowest BCUT2D eigenvalue weighted by atomic mass is 9.91. The molecule has 1 aromatic heterocycles. The highest BCUT2D eigenvalue weighted by Gasteiger charge is 2.36. The molecule has 0 bridgehead atoms. The summed E-state index contributed by atoms with van der Waals surface area (Å²) in [4.78, 5) is 19.6. The van der Waals surface area contributed by atoms with E-state index in [2.05, 4.69) is 6.92 Å². The van der Waals surface area contributed by atoms with E-state index in [1.54, 1.807) is 18.9 Å². The van der Waals surface area contributed by atoms with Crippen LogP contribution in [0.15, 0.2) is 10.9 Å². The van der Waals surface area contributed by atoms with Crippen molar-refractivity contribution in [1.82, 2.24) is 9.55 Å². The Morgan fingerprint density at radius 2 is 1.97 bits per heavy atom. The van der Waals surface area contributed by atoms with Crippen molar-refractivity contribution in [2.45, 2.75) is 58.5 Å². The van der Waals surface area contributed by atoms with E-state index in [4.69, 9.17) is 4.98 Å². The maximum atomic E-state index is 13.6. The molecule has 1 N–H and O–H groups in total. The van der Waals surface area contributed by atoms with E-state index in [9.17, 15) is 18.7 Å². The molecule has 1 aliphatic heterocycles. The van der Waals surface area contributed by atoms with Gasteiger partial charge in [-0.05, 0) is 55.7 Å². The largest absolute Gasteiger partial charge is 0.389 e. The molecular weight excluding hydrogens is 376 g/mol. The van der Waals surface area contributed by atoms with Crippen LogP contribution in [0.1, 0.15) is 55.9 Å². The molecule has 0 amide bonds. The highest BCUT2D eigenvalue weighted by Crippen LogP contribution is 2.43. The Hall–Kier alpha value is -2.02. The number of piperidine rings is 1. The second-order valence-electron chi connectivity index (χ2n) is 8.95. The SMILES string of the molecule is Cc1cc2c(=O)n(C)c(N3CCC(F)(F)CC3)nc2c(C(C)O)c1C[C@H]1CC1C. The standard InChI is InChI=1S/C22H29F2N3O2/c1-12-9-15(12)11-16-13(2)10-17-19(18(16)14(3)28)25-21(26(4)20(17)29)27-7-5-22(23,24)6-8-27/h10,12,14-15,28H,5-9,11H2,1-4H3/t12?,14?,15-/m1/s1. The summed E-state index contributed by atoms with van der Waals surface area (Å²) in [6, 6.07) is 1.87. The van der Waals surface area contributed by atoms with Gasteiger partial charge in [-0.25, -0.2) is 13.8 Å². The van der Waals surface area contributed by atoms with Gasteiger partial charge in [-0.1, -0.05) is 6.92 Å². The Kier molecular flexibility index (Phi) is 4.92. The van der Waals surface area contributed by atoms with Crippen LogP contribution in [-0.4, -0.2) is 33.7 Å². The van der Waals surface area contributed by atoms with Gasteiger partial charge in [0.2, 0.25) is 5.95 Å². The number of benzene rings is 1. The minimum absolute atomic E-state index is 0.154. The Labute approximate surface area is 169 Å². The molecule has 1 aromatic carbocycles. The van der Waals surface area contributed by atoms with Gasteiger partial charge in [0.05, 0.1) is 17.0 Å². The van der Waals surface area contributed by atoms with E-state index < -0.39 is 12.0 Å². The first kappa shape index (κ1) is 20.3. The number of nitrogens with zero attached hydrogens (tertiary/aromatic N) is 3. The van der Waals surface area contributed by atoms with Crippen LogP contribution in [0.4, 0.5) is 14.7 Å². The molecule has 2 heterocycles. The normalized spacial score (nSPS) is 24.7. The minimum Gasteiger partial charge on any atom is -0.389 e. The number of anilines is 1. The molecule has 7 heteroatoms. The Morgan fingerprint density at radius 3 is 2.52 bits per heavy atom. The fraction of sp³-hybridized carbons (Fsp3) is 0.636. The van der Waals surface area contributed by atoms with Gasteiger partial charge < -0.3 is 10.0 Å². The van der Waals surface area contributed by atoms with Gasteiger partial charge in [0, 0.05) is 38.5 Å². The van der Waals surface area contributed by atoms with Crippen LogP contribution in [0.25, 0.3) is 10.9 Å². The lowest BCUT2D eigenvalue weighted by Crippen LogP contribution is -2.42. The quantitative estimate of drug-likeness (QED) is 0.842. The van der Waals surface area contributed by atoms with Crippen LogP contribution < -0.4 is 10.5 Å². The molecule has 0 spiro atoms. The molecule has 2 unspecified atom stereocenters. The molecular formula is C22H29F2N3O2. The Morgan fingerprint density at radius 1 is 1.34 bits per heavy atom. The van der Waals surface area contributed by atoms with E-state index in [0.717, 1.165) is 17.5 Å². The molecule has 158 valence electrons. The maximum absolute atomic E-state index is 13.6. The van der Waals surface area contributed by atoms with Gasteiger partial charge in [0.15, 0.2) is 0 Å². The van der Waals surface area contributed by atoms with E-state index in [1.165, 1.54) is 11.0 Å². The molecule has 1 aliphatic carbocycles. The number of aromatic nitrogens is 2. The Balaban J connectivity index is 1.87. The highest BCUT2D eigenvalue weighted by atomic mass is 19.3. The third kappa shape index (κ3) is 3.65. The molecule has 1 saturated carbocycles. The van der Waals surface area contributed by atoms with Crippen LogP contribution in [0.3, 0.4) is 0 Å². The summed E-state index contributed by atoms with van der Waals surface area (Å²) in [5.41, 5.74) is 3.07. The zero-order valence-corrected chi connectivity index (χ0v) is 17.5. The second kappa shape index (κ2) is 7.04. The molecule has 0 radical (unpaired) electrons. The lowest BCUT2D eigenvalue weighted by Gasteiger charge is -2.33. The van der Waals surface area contributed by atoms with Crippen molar-refractivity contribution in [2.24, 2.45) is 18.9 Å². The number of hydrogen-bond acceptors (Lipinski definition) is 4. The van der Waals surface area contributed by atoms with Crippen molar-refractivity contribution in [3.05, 3.63) is 33.1 Å². The predicted molar refractivity (Wildman–Crippen MR) is 110 cm³/mol. The number of aliphatic hydroxyl groups is 1. The Bertz CT molecular complexity index is 1010. The number of fused-ring (bicyclic) bond motifs is 1. The van der Waals surface area contributed by atoms with E-state index in [1.807, 2.05) is 13.0 Å². The first-order valence-electron chi connectivity index (χ1n) is 10.4. The minimum atomic E-state index is -2.66. The number of aliphatic hydroxyl groups excluding tert-OH is 1. The maximum Gasteiger partial charge on any atom is 0.262 e. The van der Waals surface area contributed by atoms with Crippen LogP contribution in [-0.2, 0) is 13.5 Å². The summed E-state index contributed by atoms with van der Waals surface area (Å²) in [7, 11) is 1.63. The molecule has 2 aliphatic rings. The van der Waals surface area contributed by atoms with Crippen LogP contribution in [0.5, 0.6) is 0 Å². The molecule has 2 fully saturated rings. The van der Waals surface area contributed by atoms with Gasteiger partial charge in [0.1, 0.15) is 0 Å². The molecule has 29 heavy (non-hydrogen) atoms. The van der Waals surface area contributed by atoms with E-state index in [-0.39, 0.29) is 31.5 Å². The molecule has 4 rings (SSSR count). The summed E-state index contributed by atoms with van der Waals surface area (Å²) in [5, 5.41) is 11.1. The second-order valence-corrected chi connectivity index (χ2v) is 8.95. The molecule has 2 aromatic rings. The average molecular weight is 405 g/mol. The molecule has 5 nitrogen and oxygen atoms in total. The van der Waals surface area contributed by atoms with Crippen molar-refractivity contribution < 1.29 is 13.9 Å². The zero-order chi connectivity index (χ0) is 21.1. The molecule has 1 saturated heterocycles. The predicted octanol–water partition coefficient (Wildman–Crippen LogP) is 3.73. The third-order valence-corrected chi connectivity index (χ3v) is 6.66. The smallest absolute Gasteiger partial charge is 0.262 e. The van der Waals surface area contributed by atoms with Crippen molar-refractivity contribution in [3.8, 4) is 0 Å². The first-order valence-corrected chi connectivity index (χ1v) is 10.4. The van der Waals surface area contributed by atoms with Gasteiger partial charge in [0.25, 0.3) is 11.5 Å². The number of rotatable bonds is 4. The number of aryl methyl sites for hydroxylation is 1. The van der Waals surface area contributed by atoms with Crippen molar-refractivity contribution in [1.29, 1.82) is 0 Å². The van der Waals surface area contributed by atoms with E-state index >= 15 is 0 Å². The van der Waals surface area contributed by atoms with Crippen LogP contribution >= 0.6 is 0 Å². The van der Waals surface area contributed by atoms with E-state index in [0.29, 0.717) is 34.3 Å². The topological polar surface area (TPSA) is 58.4 Å². The van der Waals surface area contributed by atoms with Gasteiger partial charge in [-0.15, -0.1) is 0 Å². The van der Waals surface area contributed by atoms with Crippen LogP contribution in [0.2, 0.25) is 0 Å². The summed E-state index contributed by atoms with van der Waals surface area (Å²) in [5.74, 6) is -0.995. The fourth-order valence-corrected chi connectivity index (χ4v) is 4.59. The van der Waals surface area contributed by atoms with Crippen molar-refractivity contribution in [2.75, 3.05) is 18.0 Å². The highest BCUT2D eigenvalue weighted by molar-refractivity contribution is 5.85. The third-order valence-electron chi connectivity index (χ3n) is 6.66. The monoisotopic (exact) mass is 405 g/mol. The molecule has 3 atom stereocenters. The first-order chi connectivity index (χ1) is 13.6. The summed E-state index contributed by atoms with van der Waals surface area (Å²) in [6.45, 7) is 6.21. The number of alkyl halides is 2. The van der Waals surface area contributed by atoms with Gasteiger partial charge >= 0.3 is 0 Å². The lowest BCUT2D eigenvalue weighted by molar-refractivity contribution is -0.0223. The summed E-state index contributed by atoms with van der Waals surface area (Å²) < 4.78 is 28.7. The van der Waals surface area contributed by atoms with Crippen LogP contribution in [0, 0.1) is 18.8 Å². The zero-order valence-electron chi connectivity index (χ0n) is 17.5. The average Bonchev–Trinajstić information content (AvgIpc) is 3.34. The van der Waals surface area contributed by atoms with Gasteiger partial charge in [-0.2, -0.15) is 0 Å². The van der Waals surface area contributed by atoms with Crippen molar-refractivity contribution in [3.63, 3.8) is 0 Å². The fourth-order valence-electron chi connectivity index (χ4n) is 4.59. The van der Waals surface area contributed by atoms with Crippen molar-refractivity contribution >= 4 is 16.9 Å². The summed E-state index contributed by atoms with van der Waals surface area (Å²) in [6.07, 6.45) is 0.782. The number of hydrogen-bond donors (Lipinski definition) is 1. The number of halogens is 2. The summed E-state index contributed by atoms with van der Waals surface area (Å²) >= 11 is 0. The van der Waals surface area contributed by atoms with Gasteiger partial charge in [-0.3, -0.25) is 9.36 Å².